The van der Waals surface area contributed by atoms with Gasteiger partial charge in [-0.05, 0) is 31.0 Å². The number of aliphatic hydroxyl groups is 1. The Bertz CT molecular complexity index is 645. The molecule has 130 valence electrons. The van der Waals surface area contributed by atoms with Gasteiger partial charge in [-0.25, -0.2) is 0 Å². The fraction of sp³-hybridized carbons (Fsp3) is 0.500. The molecule has 1 fully saturated rings. The minimum absolute atomic E-state index is 0.0684. The molecule has 0 saturated carbocycles. The SMILES string of the molecule is O=C(CN1CCC(O)CC1)NC1=NN(c2ccc(Cl)c(Cl)c2)CC1. The number of hydrazone groups is 1. The number of carbonyl (C=O) groups excluding carboxylic acids is 1. The van der Waals surface area contributed by atoms with E-state index in [0.717, 1.165) is 31.6 Å². The first-order valence-corrected chi connectivity index (χ1v) is 8.77. The number of nitrogens with one attached hydrogen (secondary N) is 1. The molecule has 6 nitrogen and oxygen atoms in total. The van der Waals surface area contributed by atoms with Crippen LogP contribution in [-0.2, 0) is 4.79 Å². The van der Waals surface area contributed by atoms with Crippen LogP contribution in [0.2, 0.25) is 10.0 Å². The van der Waals surface area contributed by atoms with Crippen LogP contribution in [0.25, 0.3) is 0 Å². The zero-order valence-corrected chi connectivity index (χ0v) is 14.7. The summed E-state index contributed by atoms with van der Waals surface area (Å²) in [6.07, 6.45) is 1.88. The van der Waals surface area contributed by atoms with Gasteiger partial charge in [-0.1, -0.05) is 23.2 Å². The van der Waals surface area contributed by atoms with Crippen LogP contribution >= 0.6 is 23.2 Å². The summed E-state index contributed by atoms with van der Waals surface area (Å²) >= 11 is 12.0. The smallest absolute Gasteiger partial charge is 0.239 e. The summed E-state index contributed by atoms with van der Waals surface area (Å²) in [5, 5.41) is 19.6. The molecule has 2 N–H and O–H groups in total. The second-order valence-electron chi connectivity index (χ2n) is 6.07. The van der Waals surface area contributed by atoms with Crippen LogP contribution in [0.15, 0.2) is 23.3 Å². The Kier molecular flexibility index (Phi) is 5.61. The van der Waals surface area contributed by atoms with Crippen LogP contribution in [0.3, 0.4) is 0 Å². The molecule has 8 heteroatoms. The van der Waals surface area contributed by atoms with Gasteiger partial charge in [0.1, 0.15) is 5.84 Å². The number of amides is 1. The van der Waals surface area contributed by atoms with Crippen molar-refractivity contribution < 1.29 is 9.90 Å². The number of rotatable bonds is 3. The van der Waals surface area contributed by atoms with E-state index in [1.165, 1.54) is 0 Å². The van der Waals surface area contributed by atoms with Crippen LogP contribution < -0.4 is 10.3 Å². The number of aliphatic hydroxyl groups excluding tert-OH is 1. The molecule has 24 heavy (non-hydrogen) atoms. The molecule has 0 aliphatic carbocycles. The van der Waals surface area contributed by atoms with Crippen LogP contribution in [0, 0.1) is 0 Å². The van der Waals surface area contributed by atoms with E-state index in [1.807, 2.05) is 11.0 Å². The lowest BCUT2D eigenvalue weighted by Crippen LogP contribution is -2.43. The first kappa shape index (κ1) is 17.5. The third-order valence-corrected chi connectivity index (χ3v) is 4.95. The minimum Gasteiger partial charge on any atom is -0.393 e. The van der Waals surface area contributed by atoms with Gasteiger partial charge in [0.15, 0.2) is 0 Å². The Labute approximate surface area is 151 Å². The maximum absolute atomic E-state index is 12.1. The molecule has 3 rings (SSSR count). The van der Waals surface area contributed by atoms with Crippen LogP contribution in [-0.4, -0.2) is 54.0 Å². The molecule has 0 radical (unpaired) electrons. The quantitative estimate of drug-likeness (QED) is 0.854. The number of anilines is 1. The number of piperidine rings is 1. The van der Waals surface area contributed by atoms with E-state index in [9.17, 15) is 9.90 Å². The Balaban J connectivity index is 1.54. The van der Waals surface area contributed by atoms with E-state index in [4.69, 9.17) is 23.2 Å². The Morgan fingerprint density at radius 3 is 2.71 bits per heavy atom. The summed E-state index contributed by atoms with van der Waals surface area (Å²) in [6, 6.07) is 5.34. The van der Waals surface area contributed by atoms with Crippen molar-refractivity contribution in [2.24, 2.45) is 5.10 Å². The standard InChI is InChI=1S/C16H20Cl2N4O2/c17-13-2-1-11(9-14(13)18)22-8-5-15(20-22)19-16(24)10-21-6-3-12(23)4-7-21/h1-2,9,12,23H,3-8,10H2,(H,19,20,24). The molecule has 0 bridgehead atoms. The van der Waals surface area contributed by atoms with Gasteiger partial charge in [0.05, 0.1) is 28.4 Å². The predicted octanol–water partition coefficient (Wildman–Crippen LogP) is 2.09. The molecule has 1 aromatic rings. The molecule has 1 aromatic carbocycles. The Hall–Kier alpha value is -1.34. The van der Waals surface area contributed by atoms with Gasteiger partial charge in [-0.15, -0.1) is 0 Å². The summed E-state index contributed by atoms with van der Waals surface area (Å²) in [7, 11) is 0. The van der Waals surface area contributed by atoms with E-state index in [-0.39, 0.29) is 12.0 Å². The molecule has 0 unspecified atom stereocenters. The van der Waals surface area contributed by atoms with Crippen molar-refractivity contribution in [2.75, 3.05) is 31.2 Å². The van der Waals surface area contributed by atoms with Gasteiger partial charge in [0, 0.05) is 26.1 Å². The van der Waals surface area contributed by atoms with Gasteiger partial charge in [0.2, 0.25) is 5.91 Å². The highest BCUT2D eigenvalue weighted by Gasteiger charge is 2.22. The second kappa shape index (κ2) is 7.70. The summed E-state index contributed by atoms with van der Waals surface area (Å²) in [5.74, 6) is 0.587. The van der Waals surface area contributed by atoms with E-state index in [1.54, 1.807) is 17.1 Å². The average molecular weight is 371 g/mol. The molecule has 0 spiro atoms. The minimum atomic E-state index is -0.233. The molecule has 2 heterocycles. The maximum atomic E-state index is 12.1. The number of amidine groups is 1. The lowest BCUT2D eigenvalue weighted by Gasteiger charge is -2.28. The third-order valence-electron chi connectivity index (χ3n) is 4.21. The molecule has 1 amide bonds. The number of likely N-dealkylation sites (tertiary alicyclic amines) is 1. The average Bonchev–Trinajstić information content (AvgIpc) is 3.00. The highest BCUT2D eigenvalue weighted by atomic mass is 35.5. The van der Waals surface area contributed by atoms with E-state index >= 15 is 0 Å². The monoisotopic (exact) mass is 370 g/mol. The summed E-state index contributed by atoms with van der Waals surface area (Å²) in [6.45, 7) is 2.51. The molecule has 1 saturated heterocycles. The number of halogens is 2. The Morgan fingerprint density at radius 1 is 1.25 bits per heavy atom. The van der Waals surface area contributed by atoms with Crippen molar-refractivity contribution in [1.82, 2.24) is 10.2 Å². The summed E-state index contributed by atoms with van der Waals surface area (Å²) < 4.78 is 0. The first-order valence-electron chi connectivity index (χ1n) is 8.01. The first-order chi connectivity index (χ1) is 11.5. The van der Waals surface area contributed by atoms with Crippen LogP contribution in [0.1, 0.15) is 19.3 Å². The van der Waals surface area contributed by atoms with Crippen molar-refractivity contribution in [3.63, 3.8) is 0 Å². The van der Waals surface area contributed by atoms with Gasteiger partial charge in [-0.2, -0.15) is 5.10 Å². The highest BCUT2D eigenvalue weighted by molar-refractivity contribution is 6.42. The van der Waals surface area contributed by atoms with Crippen molar-refractivity contribution in [3.8, 4) is 0 Å². The van der Waals surface area contributed by atoms with Crippen molar-refractivity contribution >= 4 is 40.6 Å². The van der Waals surface area contributed by atoms with Crippen molar-refractivity contribution in [3.05, 3.63) is 28.2 Å². The largest absolute Gasteiger partial charge is 0.393 e. The highest BCUT2D eigenvalue weighted by Crippen LogP contribution is 2.28. The van der Waals surface area contributed by atoms with Crippen molar-refractivity contribution in [2.45, 2.75) is 25.4 Å². The molecular formula is C16H20Cl2N4O2. The van der Waals surface area contributed by atoms with E-state index in [2.05, 4.69) is 10.4 Å². The zero-order chi connectivity index (χ0) is 17.1. The fourth-order valence-corrected chi connectivity index (χ4v) is 3.15. The second-order valence-corrected chi connectivity index (χ2v) is 6.89. The molecule has 0 atom stereocenters. The third kappa shape index (κ3) is 4.39. The Morgan fingerprint density at radius 2 is 2.00 bits per heavy atom. The molecule has 2 aliphatic heterocycles. The fourth-order valence-electron chi connectivity index (χ4n) is 2.86. The maximum Gasteiger partial charge on any atom is 0.239 e. The number of hydrogen-bond acceptors (Lipinski definition) is 5. The van der Waals surface area contributed by atoms with E-state index in [0.29, 0.717) is 35.4 Å². The number of benzene rings is 1. The summed E-state index contributed by atoms with van der Waals surface area (Å²) in [4.78, 5) is 14.2. The number of hydrogen-bond donors (Lipinski definition) is 2. The van der Waals surface area contributed by atoms with Gasteiger partial charge in [-0.3, -0.25) is 14.7 Å². The lowest BCUT2D eigenvalue weighted by atomic mass is 10.1. The van der Waals surface area contributed by atoms with Crippen LogP contribution in [0.5, 0.6) is 0 Å². The lowest BCUT2D eigenvalue weighted by molar-refractivity contribution is -0.121. The van der Waals surface area contributed by atoms with Crippen molar-refractivity contribution in [1.29, 1.82) is 0 Å². The van der Waals surface area contributed by atoms with Crippen LogP contribution in [0.4, 0.5) is 5.69 Å². The number of nitrogens with zero attached hydrogens (tertiary/aromatic N) is 3. The molecular weight excluding hydrogens is 351 g/mol. The zero-order valence-electron chi connectivity index (χ0n) is 13.2. The number of carbonyl (C=O) groups is 1. The summed E-state index contributed by atoms with van der Waals surface area (Å²) in [5.41, 5.74) is 0.846. The molecule has 0 aromatic heterocycles. The predicted molar refractivity (Wildman–Crippen MR) is 95.7 cm³/mol. The van der Waals surface area contributed by atoms with Gasteiger partial charge in [0.25, 0.3) is 0 Å². The normalized spacial score (nSPS) is 19.5. The van der Waals surface area contributed by atoms with E-state index < -0.39 is 0 Å². The van der Waals surface area contributed by atoms with Gasteiger partial charge < -0.3 is 10.4 Å². The van der Waals surface area contributed by atoms with Gasteiger partial charge >= 0.3 is 0 Å². The molecule has 2 aliphatic rings. The topological polar surface area (TPSA) is 68.2 Å².